The summed E-state index contributed by atoms with van der Waals surface area (Å²) in [6.07, 6.45) is 0.837. The fourth-order valence-corrected chi connectivity index (χ4v) is 4.51. The van der Waals surface area contributed by atoms with Crippen molar-refractivity contribution in [3.8, 4) is 0 Å². The summed E-state index contributed by atoms with van der Waals surface area (Å²) in [6, 6.07) is 13.2. The molecule has 1 fully saturated rings. The number of anilines is 1. The van der Waals surface area contributed by atoms with E-state index in [1.807, 2.05) is 31.2 Å². The van der Waals surface area contributed by atoms with Crippen LogP contribution < -0.4 is 4.90 Å². The highest BCUT2D eigenvalue weighted by molar-refractivity contribution is 5.99. The van der Waals surface area contributed by atoms with E-state index < -0.39 is 17.9 Å². The van der Waals surface area contributed by atoms with E-state index in [-0.39, 0.29) is 23.8 Å². The van der Waals surface area contributed by atoms with E-state index in [1.54, 1.807) is 16.7 Å². The first-order valence-electron chi connectivity index (χ1n) is 11.0. The van der Waals surface area contributed by atoms with Gasteiger partial charge in [-0.3, -0.25) is 14.4 Å². The number of fused-ring (bicyclic) bond motifs is 1. The molecule has 0 bridgehead atoms. The monoisotopic (exact) mass is 438 g/mol. The molecule has 6 nitrogen and oxygen atoms in total. The minimum Gasteiger partial charge on any atom is -0.452 e. The second-order valence-electron chi connectivity index (χ2n) is 8.54. The average molecular weight is 438 g/mol. The quantitative estimate of drug-likeness (QED) is 0.685. The number of benzene rings is 2. The van der Waals surface area contributed by atoms with Gasteiger partial charge in [-0.2, -0.15) is 0 Å². The van der Waals surface area contributed by atoms with Gasteiger partial charge in [-0.25, -0.2) is 4.39 Å². The number of carbonyl (C=O) groups excluding carboxylic acids is 3. The van der Waals surface area contributed by atoms with Crippen molar-refractivity contribution in [3.05, 3.63) is 65.5 Å². The van der Waals surface area contributed by atoms with Crippen molar-refractivity contribution in [2.45, 2.75) is 45.3 Å². The summed E-state index contributed by atoms with van der Waals surface area (Å²) >= 11 is 0. The normalized spacial score (nSPS) is 19.4. The number of carbonyl (C=O) groups is 3. The Morgan fingerprint density at radius 1 is 1.03 bits per heavy atom. The number of ether oxygens (including phenoxy) is 1. The third-order valence-corrected chi connectivity index (χ3v) is 6.29. The number of rotatable bonds is 4. The summed E-state index contributed by atoms with van der Waals surface area (Å²) in [6.45, 7) is 4.42. The van der Waals surface area contributed by atoms with Crippen LogP contribution in [0.1, 0.15) is 42.6 Å². The highest BCUT2D eigenvalue weighted by Gasteiger charge is 2.36. The molecule has 2 aromatic rings. The molecule has 0 spiro atoms. The zero-order chi connectivity index (χ0) is 22.8. The maximum Gasteiger partial charge on any atom is 0.309 e. The number of esters is 1. The summed E-state index contributed by atoms with van der Waals surface area (Å²) in [5.74, 6) is -1.55. The van der Waals surface area contributed by atoms with Crippen LogP contribution >= 0.6 is 0 Å². The first-order valence-corrected chi connectivity index (χ1v) is 11.0. The highest BCUT2D eigenvalue weighted by Crippen LogP contribution is 2.32. The van der Waals surface area contributed by atoms with Crippen molar-refractivity contribution >= 4 is 23.5 Å². The van der Waals surface area contributed by atoms with Gasteiger partial charge < -0.3 is 14.5 Å². The molecule has 0 aliphatic carbocycles. The zero-order valence-electron chi connectivity index (χ0n) is 18.3. The lowest BCUT2D eigenvalue weighted by molar-refractivity contribution is -0.159. The fraction of sp³-hybridized carbons (Fsp3) is 0.400. The van der Waals surface area contributed by atoms with Crippen LogP contribution in [0.2, 0.25) is 0 Å². The standard InChI is InChI=1S/C25H27FN2O4/c1-16-15-20-5-3-4-6-22(20)28(16)23(29)17(2)32-25(31)19-11-13-27(14-12-19)24(30)18-7-9-21(26)10-8-18/h3-10,16-17,19H,11-15H2,1-2H3. The summed E-state index contributed by atoms with van der Waals surface area (Å²) in [5.41, 5.74) is 2.41. The maximum absolute atomic E-state index is 13.1. The predicted molar refractivity (Wildman–Crippen MR) is 118 cm³/mol. The SMILES string of the molecule is CC(OC(=O)C1CCN(C(=O)c2ccc(F)cc2)CC1)C(=O)N1c2ccccc2CC1C. The van der Waals surface area contributed by atoms with E-state index >= 15 is 0 Å². The molecule has 2 atom stereocenters. The van der Waals surface area contributed by atoms with Crippen LogP contribution in [0.25, 0.3) is 0 Å². The molecule has 32 heavy (non-hydrogen) atoms. The molecule has 2 aliphatic rings. The molecule has 0 aromatic heterocycles. The Bertz CT molecular complexity index is 1010. The van der Waals surface area contributed by atoms with Crippen molar-refractivity contribution < 1.29 is 23.5 Å². The number of hydrogen-bond donors (Lipinski definition) is 0. The molecule has 168 valence electrons. The molecule has 2 unspecified atom stereocenters. The second kappa shape index (κ2) is 9.10. The Labute approximate surface area is 187 Å². The molecule has 7 heteroatoms. The Kier molecular flexibility index (Phi) is 6.26. The lowest BCUT2D eigenvalue weighted by Crippen LogP contribution is -2.45. The van der Waals surface area contributed by atoms with E-state index in [0.717, 1.165) is 17.7 Å². The Balaban J connectivity index is 1.31. The first-order chi connectivity index (χ1) is 15.3. The lowest BCUT2D eigenvalue weighted by Gasteiger charge is -2.32. The second-order valence-corrected chi connectivity index (χ2v) is 8.54. The van der Waals surface area contributed by atoms with Gasteiger partial charge in [-0.1, -0.05) is 18.2 Å². The molecule has 2 aromatic carbocycles. The van der Waals surface area contributed by atoms with Gasteiger partial charge in [0, 0.05) is 30.4 Å². The topological polar surface area (TPSA) is 66.9 Å². The van der Waals surface area contributed by atoms with Gasteiger partial charge in [0.05, 0.1) is 5.92 Å². The molecular weight excluding hydrogens is 411 g/mol. The smallest absolute Gasteiger partial charge is 0.309 e. The Morgan fingerprint density at radius 3 is 2.38 bits per heavy atom. The van der Waals surface area contributed by atoms with Gasteiger partial charge in [-0.15, -0.1) is 0 Å². The van der Waals surface area contributed by atoms with Crippen molar-refractivity contribution in [3.63, 3.8) is 0 Å². The Hall–Kier alpha value is -3.22. The molecule has 2 heterocycles. The van der Waals surface area contributed by atoms with Crippen LogP contribution in [-0.2, 0) is 20.7 Å². The van der Waals surface area contributed by atoms with Crippen LogP contribution in [0.15, 0.2) is 48.5 Å². The van der Waals surface area contributed by atoms with Crippen molar-refractivity contribution in [1.82, 2.24) is 4.90 Å². The molecule has 1 saturated heterocycles. The maximum atomic E-state index is 13.1. The molecular formula is C25H27FN2O4. The fourth-order valence-electron chi connectivity index (χ4n) is 4.51. The van der Waals surface area contributed by atoms with Crippen LogP contribution in [0.4, 0.5) is 10.1 Å². The number of para-hydroxylation sites is 1. The van der Waals surface area contributed by atoms with E-state index in [0.29, 0.717) is 31.5 Å². The van der Waals surface area contributed by atoms with E-state index in [4.69, 9.17) is 4.74 Å². The third kappa shape index (κ3) is 4.38. The minimum absolute atomic E-state index is 0.0155. The summed E-state index contributed by atoms with van der Waals surface area (Å²) in [5, 5.41) is 0. The van der Waals surface area contributed by atoms with E-state index in [1.165, 1.54) is 24.3 Å². The van der Waals surface area contributed by atoms with Gasteiger partial charge >= 0.3 is 5.97 Å². The summed E-state index contributed by atoms with van der Waals surface area (Å²) in [4.78, 5) is 41.7. The number of halogens is 1. The van der Waals surface area contributed by atoms with E-state index in [9.17, 15) is 18.8 Å². The van der Waals surface area contributed by atoms with Gasteiger partial charge in [0.25, 0.3) is 11.8 Å². The van der Waals surface area contributed by atoms with E-state index in [2.05, 4.69) is 0 Å². The Morgan fingerprint density at radius 2 is 1.69 bits per heavy atom. The molecule has 0 radical (unpaired) electrons. The third-order valence-electron chi connectivity index (χ3n) is 6.29. The largest absolute Gasteiger partial charge is 0.452 e. The molecule has 2 aliphatic heterocycles. The number of likely N-dealkylation sites (tertiary alicyclic amines) is 1. The van der Waals surface area contributed by atoms with Crippen LogP contribution in [0.3, 0.4) is 0 Å². The van der Waals surface area contributed by atoms with Gasteiger partial charge in [0.15, 0.2) is 6.10 Å². The zero-order valence-corrected chi connectivity index (χ0v) is 18.3. The first kappa shape index (κ1) is 22.0. The number of amides is 2. The number of piperidine rings is 1. The predicted octanol–water partition coefficient (Wildman–Crippen LogP) is 3.59. The van der Waals surface area contributed by atoms with Gasteiger partial charge in [0.2, 0.25) is 0 Å². The van der Waals surface area contributed by atoms with Crippen LogP contribution in [0, 0.1) is 11.7 Å². The van der Waals surface area contributed by atoms with Crippen LogP contribution in [-0.4, -0.2) is 47.9 Å². The summed E-state index contributed by atoms with van der Waals surface area (Å²) < 4.78 is 18.6. The average Bonchev–Trinajstić information content (AvgIpc) is 3.14. The molecule has 0 saturated carbocycles. The van der Waals surface area contributed by atoms with Crippen LogP contribution in [0.5, 0.6) is 0 Å². The molecule has 0 N–H and O–H groups in total. The van der Waals surface area contributed by atoms with Gasteiger partial charge in [-0.05, 0) is 69.0 Å². The van der Waals surface area contributed by atoms with Crippen molar-refractivity contribution in [2.75, 3.05) is 18.0 Å². The highest BCUT2D eigenvalue weighted by atomic mass is 19.1. The number of nitrogens with zero attached hydrogens (tertiary/aromatic N) is 2. The minimum atomic E-state index is -0.880. The van der Waals surface area contributed by atoms with Crippen molar-refractivity contribution in [2.24, 2.45) is 5.92 Å². The van der Waals surface area contributed by atoms with Crippen molar-refractivity contribution in [1.29, 1.82) is 0 Å². The molecule has 4 rings (SSSR count). The lowest BCUT2D eigenvalue weighted by atomic mass is 9.96. The molecule has 2 amide bonds. The summed E-state index contributed by atoms with van der Waals surface area (Å²) in [7, 11) is 0. The number of hydrogen-bond acceptors (Lipinski definition) is 4. The van der Waals surface area contributed by atoms with Gasteiger partial charge in [0.1, 0.15) is 5.82 Å².